The number of nitrogens with zero attached hydrogens (tertiary/aromatic N) is 3. The van der Waals surface area contributed by atoms with Gasteiger partial charge in [-0.05, 0) is 25.8 Å². The SMILES string of the molecule is CCCN(CC#N)CC(=O)NC1(C#N)CCCCCC1. The Balaban J connectivity index is 2.58. The second-order valence-corrected chi connectivity index (χ2v) is 5.53. The van der Waals surface area contributed by atoms with Crippen molar-refractivity contribution in [2.45, 2.75) is 57.4 Å². The lowest BCUT2D eigenvalue weighted by atomic mass is 9.92. The highest BCUT2D eigenvalue weighted by atomic mass is 16.2. The summed E-state index contributed by atoms with van der Waals surface area (Å²) < 4.78 is 0. The van der Waals surface area contributed by atoms with Gasteiger partial charge < -0.3 is 5.32 Å². The zero-order chi connectivity index (χ0) is 14.8. The predicted molar refractivity (Wildman–Crippen MR) is 76.5 cm³/mol. The van der Waals surface area contributed by atoms with Crippen LogP contribution < -0.4 is 5.32 Å². The first kappa shape index (κ1) is 16.5. The second kappa shape index (κ2) is 8.55. The van der Waals surface area contributed by atoms with E-state index in [0.717, 1.165) is 51.5 Å². The third kappa shape index (κ3) is 5.19. The number of nitriles is 2. The fraction of sp³-hybridized carbons (Fsp3) is 0.800. The van der Waals surface area contributed by atoms with Gasteiger partial charge in [-0.3, -0.25) is 9.69 Å². The first-order chi connectivity index (χ1) is 9.65. The maximum Gasteiger partial charge on any atom is 0.235 e. The van der Waals surface area contributed by atoms with Crippen molar-refractivity contribution in [3.63, 3.8) is 0 Å². The molecule has 0 radical (unpaired) electrons. The van der Waals surface area contributed by atoms with E-state index in [1.165, 1.54) is 0 Å². The molecule has 1 N–H and O–H groups in total. The predicted octanol–water partition coefficient (Wildman–Crippen LogP) is 1.95. The molecule has 0 bridgehead atoms. The zero-order valence-electron chi connectivity index (χ0n) is 12.3. The minimum atomic E-state index is -0.696. The number of hydrogen-bond donors (Lipinski definition) is 1. The number of carbonyl (C=O) groups is 1. The van der Waals surface area contributed by atoms with E-state index in [-0.39, 0.29) is 19.0 Å². The van der Waals surface area contributed by atoms with E-state index in [4.69, 9.17) is 5.26 Å². The Morgan fingerprint density at radius 2 is 1.90 bits per heavy atom. The summed E-state index contributed by atoms with van der Waals surface area (Å²) in [4.78, 5) is 14.0. The third-order valence-electron chi connectivity index (χ3n) is 3.75. The Hall–Kier alpha value is -1.59. The van der Waals surface area contributed by atoms with Gasteiger partial charge >= 0.3 is 0 Å². The standard InChI is InChI=1S/C15H24N4O/c1-2-10-19(11-9-16)12-14(20)18-15(13-17)7-5-3-4-6-8-15/h2-8,10-12H2,1H3,(H,18,20). The summed E-state index contributed by atoms with van der Waals surface area (Å²) in [6.45, 7) is 3.19. The van der Waals surface area contributed by atoms with Gasteiger partial charge in [-0.15, -0.1) is 0 Å². The Morgan fingerprint density at radius 3 is 2.40 bits per heavy atom. The van der Waals surface area contributed by atoms with Gasteiger partial charge in [-0.1, -0.05) is 32.6 Å². The molecule has 1 amide bonds. The number of rotatable bonds is 6. The van der Waals surface area contributed by atoms with Crippen LogP contribution in [0.25, 0.3) is 0 Å². The van der Waals surface area contributed by atoms with Crippen molar-refractivity contribution in [1.82, 2.24) is 10.2 Å². The summed E-state index contributed by atoms with van der Waals surface area (Å²) in [7, 11) is 0. The topological polar surface area (TPSA) is 79.9 Å². The van der Waals surface area contributed by atoms with Crippen molar-refractivity contribution in [2.24, 2.45) is 0 Å². The van der Waals surface area contributed by atoms with Crippen LogP contribution in [-0.2, 0) is 4.79 Å². The number of hydrogen-bond acceptors (Lipinski definition) is 4. The highest BCUT2D eigenvalue weighted by Gasteiger charge is 2.32. The smallest absolute Gasteiger partial charge is 0.235 e. The van der Waals surface area contributed by atoms with Crippen molar-refractivity contribution in [3.05, 3.63) is 0 Å². The largest absolute Gasteiger partial charge is 0.337 e. The molecule has 0 aromatic rings. The molecule has 1 rings (SSSR count). The minimum absolute atomic E-state index is 0.142. The fourth-order valence-corrected chi connectivity index (χ4v) is 2.74. The highest BCUT2D eigenvalue weighted by Crippen LogP contribution is 2.26. The highest BCUT2D eigenvalue weighted by molar-refractivity contribution is 5.79. The quantitative estimate of drug-likeness (QED) is 0.594. The average Bonchev–Trinajstić information content (AvgIpc) is 2.65. The monoisotopic (exact) mass is 276 g/mol. The average molecular weight is 276 g/mol. The van der Waals surface area contributed by atoms with Gasteiger partial charge in [0.15, 0.2) is 0 Å². The molecule has 0 saturated heterocycles. The third-order valence-corrected chi connectivity index (χ3v) is 3.75. The van der Waals surface area contributed by atoms with Crippen LogP contribution in [0.3, 0.4) is 0 Å². The lowest BCUT2D eigenvalue weighted by molar-refractivity contribution is -0.123. The van der Waals surface area contributed by atoms with Crippen LogP contribution in [-0.4, -0.2) is 36.0 Å². The molecule has 0 spiro atoms. The molecule has 20 heavy (non-hydrogen) atoms. The molecule has 0 atom stereocenters. The number of amides is 1. The van der Waals surface area contributed by atoms with Gasteiger partial charge in [0.1, 0.15) is 5.54 Å². The Kier molecular flexibility index (Phi) is 7.04. The molecule has 1 aliphatic carbocycles. The van der Waals surface area contributed by atoms with Gasteiger partial charge in [0.05, 0.1) is 25.2 Å². The number of carbonyl (C=O) groups excluding carboxylic acids is 1. The molecule has 1 fully saturated rings. The molecule has 5 nitrogen and oxygen atoms in total. The summed E-state index contributed by atoms with van der Waals surface area (Å²) in [5.74, 6) is -0.142. The molecule has 0 unspecified atom stereocenters. The van der Waals surface area contributed by atoms with Crippen molar-refractivity contribution < 1.29 is 4.79 Å². The van der Waals surface area contributed by atoms with Gasteiger partial charge in [0, 0.05) is 0 Å². The van der Waals surface area contributed by atoms with E-state index in [1.54, 1.807) is 0 Å². The van der Waals surface area contributed by atoms with Crippen LogP contribution in [0.15, 0.2) is 0 Å². The minimum Gasteiger partial charge on any atom is -0.337 e. The van der Waals surface area contributed by atoms with Gasteiger partial charge in [-0.25, -0.2) is 0 Å². The molecule has 1 saturated carbocycles. The maximum absolute atomic E-state index is 12.1. The summed E-state index contributed by atoms with van der Waals surface area (Å²) in [5, 5.41) is 21.1. The van der Waals surface area contributed by atoms with E-state index >= 15 is 0 Å². The molecule has 110 valence electrons. The van der Waals surface area contributed by atoms with Crippen LogP contribution in [0.1, 0.15) is 51.9 Å². The van der Waals surface area contributed by atoms with Crippen LogP contribution in [0.2, 0.25) is 0 Å². The summed E-state index contributed by atoms with van der Waals surface area (Å²) >= 11 is 0. The van der Waals surface area contributed by atoms with Crippen LogP contribution in [0, 0.1) is 22.7 Å². The van der Waals surface area contributed by atoms with Crippen molar-refractivity contribution in [1.29, 1.82) is 10.5 Å². The van der Waals surface area contributed by atoms with E-state index in [0.29, 0.717) is 0 Å². The Bertz CT molecular complexity index is 386. The molecule has 0 aromatic carbocycles. The van der Waals surface area contributed by atoms with Gasteiger partial charge in [-0.2, -0.15) is 10.5 Å². The molecule has 5 heteroatoms. The summed E-state index contributed by atoms with van der Waals surface area (Å²) in [6.07, 6.45) is 6.63. The lowest BCUT2D eigenvalue weighted by Gasteiger charge is -2.28. The molecule has 0 aliphatic heterocycles. The summed E-state index contributed by atoms with van der Waals surface area (Å²) in [5.41, 5.74) is -0.696. The number of nitrogens with one attached hydrogen (secondary N) is 1. The Morgan fingerprint density at radius 1 is 1.25 bits per heavy atom. The van der Waals surface area contributed by atoms with E-state index in [2.05, 4.69) is 17.5 Å². The fourth-order valence-electron chi connectivity index (χ4n) is 2.74. The van der Waals surface area contributed by atoms with E-state index in [9.17, 15) is 10.1 Å². The van der Waals surface area contributed by atoms with Crippen LogP contribution in [0.4, 0.5) is 0 Å². The first-order valence-electron chi connectivity index (χ1n) is 7.47. The molecular weight excluding hydrogens is 252 g/mol. The van der Waals surface area contributed by atoms with E-state index in [1.807, 2.05) is 11.8 Å². The molecule has 1 aliphatic rings. The van der Waals surface area contributed by atoms with Crippen LogP contribution in [0.5, 0.6) is 0 Å². The van der Waals surface area contributed by atoms with Crippen molar-refractivity contribution in [3.8, 4) is 12.1 Å². The molecule has 0 heterocycles. The van der Waals surface area contributed by atoms with Crippen molar-refractivity contribution >= 4 is 5.91 Å². The molecule has 0 aromatic heterocycles. The maximum atomic E-state index is 12.1. The summed E-state index contributed by atoms with van der Waals surface area (Å²) in [6, 6.07) is 4.39. The normalized spacial score (nSPS) is 17.8. The Labute approximate surface area is 121 Å². The van der Waals surface area contributed by atoms with Gasteiger partial charge in [0.25, 0.3) is 0 Å². The molecular formula is C15H24N4O. The van der Waals surface area contributed by atoms with Gasteiger partial charge in [0.2, 0.25) is 5.91 Å². The second-order valence-electron chi connectivity index (χ2n) is 5.53. The van der Waals surface area contributed by atoms with Crippen LogP contribution >= 0.6 is 0 Å². The lowest BCUT2D eigenvalue weighted by Crippen LogP contribution is -2.50. The van der Waals surface area contributed by atoms with E-state index < -0.39 is 5.54 Å². The first-order valence-corrected chi connectivity index (χ1v) is 7.47. The van der Waals surface area contributed by atoms with Crippen molar-refractivity contribution in [2.75, 3.05) is 19.6 Å². The zero-order valence-corrected chi connectivity index (χ0v) is 12.3.